The van der Waals surface area contributed by atoms with Crippen molar-refractivity contribution in [1.82, 2.24) is 5.32 Å². The van der Waals surface area contributed by atoms with E-state index in [-0.39, 0.29) is 24.0 Å². The van der Waals surface area contributed by atoms with Crippen molar-refractivity contribution in [3.8, 4) is 0 Å². The number of nitrogens with one attached hydrogen (secondary N) is 2. The Morgan fingerprint density at radius 1 is 1.38 bits per heavy atom. The van der Waals surface area contributed by atoms with Gasteiger partial charge in [0.2, 0.25) is 0 Å². The molecule has 24 heavy (non-hydrogen) atoms. The first-order valence-corrected chi connectivity index (χ1v) is 8.54. The zero-order valence-electron chi connectivity index (χ0n) is 14.3. The lowest BCUT2D eigenvalue weighted by Crippen LogP contribution is -2.33. The van der Waals surface area contributed by atoms with Crippen molar-refractivity contribution in [2.45, 2.75) is 51.4 Å². The van der Waals surface area contributed by atoms with Crippen LogP contribution in [0.4, 0.5) is 0 Å². The van der Waals surface area contributed by atoms with E-state index in [9.17, 15) is 4.79 Å². The summed E-state index contributed by atoms with van der Waals surface area (Å²) in [6.07, 6.45) is 2.39. The van der Waals surface area contributed by atoms with E-state index in [1.54, 1.807) is 6.92 Å². The summed E-state index contributed by atoms with van der Waals surface area (Å²) in [5.74, 6) is -0.200. The van der Waals surface area contributed by atoms with Gasteiger partial charge < -0.3 is 15.8 Å². The Balaban J connectivity index is 1.64. The highest BCUT2D eigenvalue weighted by Crippen LogP contribution is 2.36. The number of ether oxygens (including phenoxy) is 1. The maximum atomic E-state index is 12.3. The van der Waals surface area contributed by atoms with Crippen LogP contribution in [0.5, 0.6) is 0 Å². The molecule has 0 unspecified atom stereocenters. The SMILES string of the molecule is CCC(N)=C(C)C(=N)C(=O)Cc1ccc([C@@H]2O[C@H]3CN[C@@H]2C3)cc1. The summed E-state index contributed by atoms with van der Waals surface area (Å²) in [6.45, 7) is 4.60. The lowest BCUT2D eigenvalue weighted by Gasteiger charge is -2.23. The van der Waals surface area contributed by atoms with Crippen molar-refractivity contribution in [2.75, 3.05) is 6.54 Å². The smallest absolute Gasteiger partial charge is 0.185 e. The van der Waals surface area contributed by atoms with Crippen LogP contribution in [-0.4, -0.2) is 30.2 Å². The van der Waals surface area contributed by atoms with Gasteiger partial charge in [0.25, 0.3) is 0 Å². The Morgan fingerprint density at radius 2 is 2.08 bits per heavy atom. The van der Waals surface area contributed by atoms with E-state index < -0.39 is 0 Å². The van der Waals surface area contributed by atoms with Crippen LogP contribution in [0.3, 0.4) is 0 Å². The molecule has 0 aromatic heterocycles. The number of Topliss-reactive ketones (excluding diaryl/α,β-unsaturated/α-hetero) is 1. The molecule has 0 spiro atoms. The molecule has 2 saturated heterocycles. The molecule has 0 radical (unpaired) electrons. The third-order valence-corrected chi connectivity index (χ3v) is 5.02. The molecule has 0 aliphatic carbocycles. The van der Waals surface area contributed by atoms with Crippen LogP contribution in [0.15, 0.2) is 35.5 Å². The molecule has 2 aliphatic heterocycles. The van der Waals surface area contributed by atoms with Crippen LogP contribution in [-0.2, 0) is 16.0 Å². The Kier molecular flexibility index (Phi) is 4.83. The van der Waals surface area contributed by atoms with E-state index in [0.29, 0.717) is 29.8 Å². The molecule has 3 atom stereocenters. The minimum absolute atomic E-state index is 0.0130. The highest BCUT2D eigenvalue weighted by Gasteiger charge is 2.41. The number of rotatable bonds is 6. The molecule has 1 aromatic rings. The lowest BCUT2D eigenvalue weighted by molar-refractivity contribution is -0.112. The maximum Gasteiger partial charge on any atom is 0.185 e. The van der Waals surface area contributed by atoms with Gasteiger partial charge in [-0.25, -0.2) is 0 Å². The fraction of sp³-hybridized carbons (Fsp3) is 0.474. The van der Waals surface area contributed by atoms with Gasteiger partial charge in [0.1, 0.15) is 5.71 Å². The van der Waals surface area contributed by atoms with E-state index in [4.69, 9.17) is 15.9 Å². The second-order valence-corrected chi connectivity index (χ2v) is 6.65. The topological polar surface area (TPSA) is 88.2 Å². The minimum atomic E-state index is -0.200. The summed E-state index contributed by atoms with van der Waals surface area (Å²) in [5, 5.41) is 11.5. The highest BCUT2D eigenvalue weighted by atomic mass is 16.5. The number of hydrogen-bond acceptors (Lipinski definition) is 5. The van der Waals surface area contributed by atoms with Crippen LogP contribution in [0.2, 0.25) is 0 Å². The zero-order chi connectivity index (χ0) is 17.3. The van der Waals surface area contributed by atoms with Crippen molar-refractivity contribution < 1.29 is 9.53 Å². The first-order chi connectivity index (χ1) is 11.5. The van der Waals surface area contributed by atoms with Crippen molar-refractivity contribution in [1.29, 1.82) is 5.41 Å². The van der Waals surface area contributed by atoms with Gasteiger partial charge in [-0.2, -0.15) is 0 Å². The van der Waals surface area contributed by atoms with Crippen LogP contribution in [0.1, 0.15) is 43.9 Å². The molecule has 5 heteroatoms. The van der Waals surface area contributed by atoms with Gasteiger partial charge in [-0.05, 0) is 36.5 Å². The van der Waals surface area contributed by atoms with Crippen molar-refractivity contribution in [3.63, 3.8) is 0 Å². The van der Waals surface area contributed by atoms with Gasteiger partial charge in [-0.1, -0.05) is 31.2 Å². The molecular weight excluding hydrogens is 302 g/mol. The van der Waals surface area contributed by atoms with Gasteiger partial charge in [-0.15, -0.1) is 0 Å². The average molecular weight is 327 g/mol. The van der Waals surface area contributed by atoms with E-state index in [0.717, 1.165) is 24.1 Å². The Bertz CT molecular complexity index is 678. The average Bonchev–Trinajstić information content (AvgIpc) is 3.23. The molecule has 5 nitrogen and oxygen atoms in total. The van der Waals surface area contributed by atoms with Crippen molar-refractivity contribution in [3.05, 3.63) is 46.7 Å². The number of ketones is 1. The first kappa shape index (κ1) is 16.9. The summed E-state index contributed by atoms with van der Waals surface area (Å²) < 4.78 is 5.99. The second-order valence-electron chi connectivity index (χ2n) is 6.65. The number of morpholine rings is 1. The van der Waals surface area contributed by atoms with E-state index in [1.165, 1.54) is 0 Å². The predicted molar refractivity (Wildman–Crippen MR) is 94.1 cm³/mol. The number of carbonyl (C=O) groups excluding carboxylic acids is 1. The molecule has 0 saturated carbocycles. The number of carbonyl (C=O) groups is 1. The fourth-order valence-electron chi connectivity index (χ4n) is 3.41. The molecule has 2 aliphatic rings. The normalized spacial score (nSPS) is 26.3. The van der Waals surface area contributed by atoms with Gasteiger partial charge in [0.15, 0.2) is 5.78 Å². The van der Waals surface area contributed by atoms with E-state index >= 15 is 0 Å². The van der Waals surface area contributed by atoms with Crippen LogP contribution in [0, 0.1) is 5.41 Å². The van der Waals surface area contributed by atoms with Crippen LogP contribution < -0.4 is 11.1 Å². The summed E-state index contributed by atoms with van der Waals surface area (Å²) in [7, 11) is 0. The maximum absolute atomic E-state index is 12.3. The van der Waals surface area contributed by atoms with Crippen LogP contribution >= 0.6 is 0 Å². The third-order valence-electron chi connectivity index (χ3n) is 5.02. The number of benzene rings is 1. The predicted octanol–water partition coefficient (Wildman–Crippen LogP) is 2.26. The van der Waals surface area contributed by atoms with E-state index in [1.807, 2.05) is 31.2 Å². The number of hydrogen-bond donors (Lipinski definition) is 3. The van der Waals surface area contributed by atoms with Crippen LogP contribution in [0.25, 0.3) is 0 Å². The van der Waals surface area contributed by atoms with Crippen molar-refractivity contribution >= 4 is 11.5 Å². The largest absolute Gasteiger partial charge is 0.402 e. The Morgan fingerprint density at radius 3 is 2.62 bits per heavy atom. The van der Waals surface area contributed by atoms with Gasteiger partial charge in [-0.3, -0.25) is 10.2 Å². The lowest BCUT2D eigenvalue weighted by atomic mass is 9.97. The Hall–Kier alpha value is -1.98. The summed E-state index contributed by atoms with van der Waals surface area (Å²) in [6, 6.07) is 8.38. The summed E-state index contributed by atoms with van der Waals surface area (Å²) in [5.41, 5.74) is 9.09. The molecule has 2 fully saturated rings. The molecule has 128 valence electrons. The monoisotopic (exact) mass is 327 g/mol. The molecule has 3 rings (SSSR count). The minimum Gasteiger partial charge on any atom is -0.402 e. The van der Waals surface area contributed by atoms with Crippen molar-refractivity contribution in [2.24, 2.45) is 5.73 Å². The Labute approximate surface area is 142 Å². The van der Waals surface area contributed by atoms with Gasteiger partial charge in [0, 0.05) is 24.7 Å². The highest BCUT2D eigenvalue weighted by molar-refractivity contribution is 6.45. The molecule has 0 amide bonds. The first-order valence-electron chi connectivity index (χ1n) is 8.54. The second kappa shape index (κ2) is 6.87. The third kappa shape index (κ3) is 3.28. The standard InChI is InChI=1S/C19H25N3O2/c1-3-15(20)11(2)18(21)17(23)8-12-4-6-13(7-5-12)19-16-9-14(24-19)10-22-16/h4-7,14,16,19,21-22H,3,8-10,20H2,1-2H3/t14-,16-,19+/m1/s1. The summed E-state index contributed by atoms with van der Waals surface area (Å²) >= 11 is 0. The molecule has 2 bridgehead atoms. The number of fused-ring (bicyclic) bond motifs is 2. The van der Waals surface area contributed by atoms with E-state index in [2.05, 4.69) is 5.32 Å². The fourth-order valence-corrected chi connectivity index (χ4v) is 3.41. The molecule has 1 aromatic carbocycles. The molecule has 2 heterocycles. The summed E-state index contributed by atoms with van der Waals surface area (Å²) in [4.78, 5) is 12.3. The number of allylic oxidation sites excluding steroid dienone is 2. The van der Waals surface area contributed by atoms with Gasteiger partial charge >= 0.3 is 0 Å². The molecular formula is C19H25N3O2. The van der Waals surface area contributed by atoms with Gasteiger partial charge in [0.05, 0.1) is 12.2 Å². The molecule has 4 N–H and O–H groups in total. The quantitative estimate of drug-likeness (QED) is 0.699. The zero-order valence-corrected chi connectivity index (χ0v) is 14.3. The number of nitrogens with two attached hydrogens (primary N) is 1.